The van der Waals surface area contributed by atoms with Crippen LogP contribution in [0.1, 0.15) is 25.6 Å². The van der Waals surface area contributed by atoms with E-state index in [9.17, 15) is 13.2 Å². The summed E-state index contributed by atoms with van der Waals surface area (Å²) in [5.74, 6) is -0.372. The lowest BCUT2D eigenvalue weighted by molar-refractivity contribution is -0.0925. The average molecular weight is 395 g/mol. The van der Waals surface area contributed by atoms with Gasteiger partial charge in [0, 0.05) is 13.0 Å². The molecule has 0 amide bonds. The second-order valence-electron chi connectivity index (χ2n) is 6.11. The second kappa shape index (κ2) is 7.82. The molecule has 0 saturated heterocycles. The molecule has 0 aliphatic carbocycles. The van der Waals surface area contributed by atoms with Gasteiger partial charge in [0.15, 0.2) is 0 Å². The molecule has 0 saturated carbocycles. The van der Waals surface area contributed by atoms with Gasteiger partial charge in [-0.25, -0.2) is 4.99 Å². The monoisotopic (exact) mass is 395 g/mol. The van der Waals surface area contributed by atoms with Crippen LogP contribution in [0, 0.1) is 0 Å². The van der Waals surface area contributed by atoms with Crippen LogP contribution in [0.3, 0.4) is 0 Å². The van der Waals surface area contributed by atoms with Crippen molar-refractivity contribution in [3.05, 3.63) is 35.7 Å². The number of fused-ring (bicyclic) bond motifs is 1. The molecule has 9 nitrogen and oxygen atoms in total. The van der Waals surface area contributed by atoms with Gasteiger partial charge in [-0.1, -0.05) is 0 Å². The second-order valence-corrected chi connectivity index (χ2v) is 6.11. The molecule has 0 fully saturated rings. The summed E-state index contributed by atoms with van der Waals surface area (Å²) in [5, 5.41) is 18.1. The fourth-order valence-electron chi connectivity index (χ4n) is 2.83. The minimum absolute atomic E-state index is 0.0148. The topological polar surface area (TPSA) is 97.3 Å². The van der Waals surface area contributed by atoms with Crippen LogP contribution in [0.2, 0.25) is 0 Å². The summed E-state index contributed by atoms with van der Waals surface area (Å²) < 4.78 is 40.9. The number of anilines is 1. The predicted molar refractivity (Wildman–Crippen MR) is 98.0 cm³/mol. The van der Waals surface area contributed by atoms with E-state index in [-0.39, 0.29) is 24.4 Å². The number of allylic oxidation sites excluding steroid dienone is 1. The molecular weight excluding hydrogens is 375 g/mol. The number of hydrogen-bond donors (Lipinski definition) is 2. The Labute approximate surface area is 159 Å². The Hall–Kier alpha value is -3.18. The molecule has 0 aromatic carbocycles. The fraction of sp³-hybridized carbons (Fsp3) is 0.438. The summed E-state index contributed by atoms with van der Waals surface area (Å²) in [7, 11) is 0. The maximum atomic E-state index is 13.1. The van der Waals surface area contributed by atoms with E-state index in [1.54, 1.807) is 35.0 Å². The van der Waals surface area contributed by atoms with Gasteiger partial charge in [-0.2, -0.15) is 38.3 Å². The van der Waals surface area contributed by atoms with E-state index >= 15 is 0 Å². The van der Waals surface area contributed by atoms with Crippen LogP contribution in [0.4, 0.5) is 18.9 Å². The van der Waals surface area contributed by atoms with Crippen molar-refractivity contribution in [2.24, 2.45) is 9.98 Å². The Morgan fingerprint density at radius 2 is 2.04 bits per heavy atom. The van der Waals surface area contributed by atoms with Crippen molar-refractivity contribution in [1.82, 2.24) is 30.1 Å². The highest BCUT2D eigenvalue weighted by Gasteiger charge is 2.33. The summed E-state index contributed by atoms with van der Waals surface area (Å²) in [6.07, 6.45) is 0.888. The SMILES string of the molecule is C=NC(=N/C(NCC)=C(\C)C(F)(F)F)Nc1cnn2c1C[C@H](n1nccn1)C2. The van der Waals surface area contributed by atoms with E-state index in [0.29, 0.717) is 18.7 Å². The zero-order chi connectivity index (χ0) is 20.3. The van der Waals surface area contributed by atoms with Gasteiger partial charge in [0.1, 0.15) is 5.82 Å². The Morgan fingerprint density at radius 3 is 2.64 bits per heavy atom. The van der Waals surface area contributed by atoms with Gasteiger partial charge in [-0.05, 0) is 20.6 Å². The van der Waals surface area contributed by atoms with Crippen molar-refractivity contribution in [1.29, 1.82) is 0 Å². The van der Waals surface area contributed by atoms with Gasteiger partial charge < -0.3 is 10.6 Å². The molecule has 1 aliphatic heterocycles. The van der Waals surface area contributed by atoms with Crippen LogP contribution in [-0.2, 0) is 13.0 Å². The molecule has 2 N–H and O–H groups in total. The first-order valence-corrected chi connectivity index (χ1v) is 8.58. The van der Waals surface area contributed by atoms with Gasteiger partial charge in [-0.3, -0.25) is 4.68 Å². The summed E-state index contributed by atoms with van der Waals surface area (Å²) in [6, 6.07) is 0.0148. The number of nitrogens with zero attached hydrogens (tertiary/aromatic N) is 7. The Balaban J connectivity index is 1.83. The van der Waals surface area contributed by atoms with Crippen LogP contribution in [0.5, 0.6) is 0 Å². The van der Waals surface area contributed by atoms with Gasteiger partial charge >= 0.3 is 6.18 Å². The molecule has 150 valence electrons. The molecule has 3 heterocycles. The first-order chi connectivity index (χ1) is 13.3. The van der Waals surface area contributed by atoms with Crippen LogP contribution >= 0.6 is 0 Å². The van der Waals surface area contributed by atoms with Gasteiger partial charge in [0.25, 0.3) is 0 Å². The summed E-state index contributed by atoms with van der Waals surface area (Å²) in [6.45, 7) is 6.91. The van der Waals surface area contributed by atoms with Gasteiger partial charge in [0.2, 0.25) is 5.96 Å². The third kappa shape index (κ3) is 4.05. The highest BCUT2D eigenvalue weighted by molar-refractivity contribution is 5.97. The lowest BCUT2D eigenvalue weighted by Gasteiger charge is -2.13. The zero-order valence-corrected chi connectivity index (χ0v) is 15.4. The van der Waals surface area contributed by atoms with Crippen LogP contribution in [0.15, 0.2) is 40.0 Å². The van der Waals surface area contributed by atoms with Crippen molar-refractivity contribution < 1.29 is 13.2 Å². The molecule has 0 unspecified atom stereocenters. The number of halogens is 3. The lowest BCUT2D eigenvalue weighted by Crippen LogP contribution is -2.22. The maximum absolute atomic E-state index is 13.1. The zero-order valence-electron chi connectivity index (χ0n) is 15.4. The highest BCUT2D eigenvalue weighted by atomic mass is 19.4. The molecular formula is C16H20F3N9. The molecule has 0 spiro atoms. The Morgan fingerprint density at radius 1 is 1.32 bits per heavy atom. The minimum Gasteiger partial charge on any atom is -0.370 e. The first-order valence-electron chi connectivity index (χ1n) is 8.58. The summed E-state index contributed by atoms with van der Waals surface area (Å²) in [5.41, 5.74) is 0.615. The number of nitrogens with one attached hydrogen (secondary N) is 2. The third-order valence-corrected chi connectivity index (χ3v) is 4.26. The maximum Gasteiger partial charge on any atom is 0.415 e. The summed E-state index contributed by atoms with van der Waals surface area (Å²) in [4.78, 5) is 9.31. The van der Waals surface area contributed by atoms with E-state index in [0.717, 1.165) is 12.6 Å². The Kier molecular flexibility index (Phi) is 5.47. The van der Waals surface area contributed by atoms with Crippen LogP contribution in [-0.4, -0.2) is 50.2 Å². The average Bonchev–Trinajstić information content (AvgIpc) is 3.36. The summed E-state index contributed by atoms with van der Waals surface area (Å²) >= 11 is 0. The predicted octanol–water partition coefficient (Wildman–Crippen LogP) is 2.14. The van der Waals surface area contributed by atoms with Crippen molar-refractivity contribution in [2.75, 3.05) is 11.9 Å². The number of hydrogen-bond acceptors (Lipinski definition) is 5. The third-order valence-electron chi connectivity index (χ3n) is 4.26. The number of alkyl halides is 3. The highest BCUT2D eigenvalue weighted by Crippen LogP contribution is 2.30. The fourth-order valence-corrected chi connectivity index (χ4v) is 2.83. The quantitative estimate of drug-likeness (QED) is 0.597. The van der Waals surface area contributed by atoms with E-state index in [4.69, 9.17) is 0 Å². The Bertz CT molecular complexity index is 893. The first kappa shape index (κ1) is 19.6. The molecule has 1 aliphatic rings. The van der Waals surface area contributed by atoms with Crippen LogP contribution < -0.4 is 10.6 Å². The molecule has 1 atom stereocenters. The number of aromatic nitrogens is 5. The van der Waals surface area contributed by atoms with E-state index < -0.39 is 11.7 Å². The molecule has 0 bridgehead atoms. The number of guanidine groups is 1. The van der Waals surface area contributed by atoms with E-state index in [1.165, 1.54) is 0 Å². The molecule has 12 heteroatoms. The standard InChI is InChI=1S/C16H20F3N9/c1-4-21-14(10(2)16(17,18)19)26-15(20-3)25-12-8-24-27-9-11(7-13(12)27)28-22-5-6-23-28/h5-6,8,11,21H,3-4,7,9H2,1-2H3,(H,25,26)/b14-10+/t11-/m0/s1. The van der Waals surface area contributed by atoms with Crippen molar-refractivity contribution in [2.45, 2.75) is 39.0 Å². The molecule has 3 rings (SSSR count). The normalized spacial score (nSPS) is 17.9. The van der Waals surface area contributed by atoms with Crippen LogP contribution in [0.25, 0.3) is 0 Å². The number of rotatable bonds is 5. The molecule has 2 aromatic heterocycles. The smallest absolute Gasteiger partial charge is 0.370 e. The van der Waals surface area contributed by atoms with E-state index in [1.807, 2.05) is 0 Å². The minimum atomic E-state index is -4.50. The lowest BCUT2D eigenvalue weighted by atomic mass is 10.2. The van der Waals surface area contributed by atoms with Gasteiger partial charge in [0.05, 0.1) is 48.1 Å². The number of aliphatic imine (C=N–C) groups is 2. The van der Waals surface area contributed by atoms with Gasteiger partial charge in [-0.15, -0.1) is 0 Å². The van der Waals surface area contributed by atoms with Crippen molar-refractivity contribution in [3.8, 4) is 0 Å². The van der Waals surface area contributed by atoms with E-state index in [2.05, 4.69) is 42.6 Å². The molecule has 2 aromatic rings. The largest absolute Gasteiger partial charge is 0.415 e. The molecule has 0 radical (unpaired) electrons. The van der Waals surface area contributed by atoms with Crippen molar-refractivity contribution >= 4 is 18.4 Å². The molecule has 28 heavy (non-hydrogen) atoms. The van der Waals surface area contributed by atoms with Crippen molar-refractivity contribution in [3.63, 3.8) is 0 Å².